The Labute approximate surface area is 116 Å². The van der Waals surface area contributed by atoms with E-state index in [1.54, 1.807) is 18.2 Å². The third-order valence-electron chi connectivity index (χ3n) is 2.74. The second-order valence-electron chi connectivity index (χ2n) is 4.20. The lowest BCUT2D eigenvalue weighted by Crippen LogP contribution is -2.03. The Morgan fingerprint density at radius 1 is 1.06 bits per heavy atom. The van der Waals surface area contributed by atoms with Crippen LogP contribution in [-0.4, -0.2) is 5.78 Å². The van der Waals surface area contributed by atoms with Gasteiger partial charge in [0.25, 0.3) is 0 Å². The molecule has 0 atom stereocenters. The number of ketones is 1. The summed E-state index contributed by atoms with van der Waals surface area (Å²) in [7, 11) is 0. The Kier molecular flexibility index (Phi) is 4.05. The highest BCUT2D eigenvalue weighted by molar-refractivity contribution is 6.35. The Morgan fingerprint density at radius 3 is 2.33 bits per heavy atom. The van der Waals surface area contributed by atoms with Crippen LogP contribution in [0.4, 0.5) is 0 Å². The van der Waals surface area contributed by atoms with Gasteiger partial charge in [0.1, 0.15) is 0 Å². The molecule has 2 aromatic carbocycles. The summed E-state index contributed by atoms with van der Waals surface area (Å²) in [6.07, 6.45) is 0.291. The minimum atomic E-state index is 0.0548. The number of hydrogen-bond acceptors (Lipinski definition) is 1. The molecule has 0 aliphatic heterocycles. The Morgan fingerprint density at radius 2 is 1.72 bits per heavy atom. The summed E-state index contributed by atoms with van der Waals surface area (Å²) in [4.78, 5) is 12.1. The van der Waals surface area contributed by atoms with Crippen molar-refractivity contribution in [1.82, 2.24) is 0 Å². The molecule has 1 nitrogen and oxygen atoms in total. The molecule has 2 rings (SSSR count). The van der Waals surface area contributed by atoms with Crippen LogP contribution in [-0.2, 0) is 6.42 Å². The summed E-state index contributed by atoms with van der Waals surface area (Å²) in [6.45, 7) is 1.99. The maximum absolute atomic E-state index is 12.1. The first-order valence-electron chi connectivity index (χ1n) is 5.60. The van der Waals surface area contributed by atoms with Crippen molar-refractivity contribution in [3.8, 4) is 0 Å². The van der Waals surface area contributed by atoms with E-state index in [9.17, 15) is 4.79 Å². The van der Waals surface area contributed by atoms with Gasteiger partial charge in [0.2, 0.25) is 0 Å². The number of rotatable bonds is 3. The van der Waals surface area contributed by atoms with E-state index in [1.807, 2.05) is 31.2 Å². The number of Topliss-reactive ketones (excluding diaryl/α,β-unsaturated/α-hetero) is 1. The van der Waals surface area contributed by atoms with Crippen molar-refractivity contribution in [1.29, 1.82) is 0 Å². The summed E-state index contributed by atoms with van der Waals surface area (Å²) < 4.78 is 0. The zero-order valence-electron chi connectivity index (χ0n) is 9.91. The lowest BCUT2D eigenvalue weighted by Gasteiger charge is -2.05. The molecule has 0 amide bonds. The van der Waals surface area contributed by atoms with Crippen LogP contribution in [0.1, 0.15) is 21.5 Å². The fraction of sp³-hybridized carbons (Fsp3) is 0.133. The Hall–Kier alpha value is -1.31. The summed E-state index contributed by atoms with van der Waals surface area (Å²) in [5.41, 5.74) is 2.63. The van der Waals surface area contributed by atoms with Gasteiger partial charge in [-0.2, -0.15) is 0 Å². The van der Waals surface area contributed by atoms with Gasteiger partial charge in [-0.05, 0) is 24.6 Å². The molecule has 0 aliphatic rings. The van der Waals surface area contributed by atoms with Crippen LogP contribution in [0.3, 0.4) is 0 Å². The van der Waals surface area contributed by atoms with Gasteiger partial charge in [0, 0.05) is 22.0 Å². The third-order valence-corrected chi connectivity index (χ3v) is 3.33. The highest BCUT2D eigenvalue weighted by Crippen LogP contribution is 2.22. The molecule has 0 bridgehead atoms. The summed E-state index contributed by atoms with van der Waals surface area (Å²) >= 11 is 11.9. The number of benzene rings is 2. The van der Waals surface area contributed by atoms with Crippen LogP contribution >= 0.6 is 23.2 Å². The smallest absolute Gasteiger partial charge is 0.167 e. The van der Waals surface area contributed by atoms with E-state index in [0.29, 0.717) is 22.0 Å². The van der Waals surface area contributed by atoms with E-state index in [2.05, 4.69) is 0 Å². The van der Waals surface area contributed by atoms with Crippen LogP contribution in [0.5, 0.6) is 0 Å². The second-order valence-corrected chi connectivity index (χ2v) is 5.05. The first kappa shape index (κ1) is 13.1. The van der Waals surface area contributed by atoms with Crippen molar-refractivity contribution >= 4 is 29.0 Å². The Balaban J connectivity index is 2.18. The number of hydrogen-bond donors (Lipinski definition) is 0. The van der Waals surface area contributed by atoms with Crippen molar-refractivity contribution < 1.29 is 4.79 Å². The van der Waals surface area contributed by atoms with Gasteiger partial charge >= 0.3 is 0 Å². The minimum Gasteiger partial charge on any atom is -0.294 e. The maximum atomic E-state index is 12.1. The molecule has 92 valence electrons. The molecule has 0 radical (unpaired) electrons. The van der Waals surface area contributed by atoms with Gasteiger partial charge in [-0.15, -0.1) is 0 Å². The van der Waals surface area contributed by atoms with E-state index in [-0.39, 0.29) is 5.78 Å². The monoisotopic (exact) mass is 278 g/mol. The van der Waals surface area contributed by atoms with E-state index in [4.69, 9.17) is 23.2 Å². The standard InChI is InChI=1S/C15H12Cl2O/c1-10-2-4-11(5-3-10)15(18)8-12-6-7-13(16)9-14(12)17/h2-7,9H,8H2,1H3. The molecule has 0 aromatic heterocycles. The maximum Gasteiger partial charge on any atom is 0.167 e. The van der Waals surface area contributed by atoms with Crippen LogP contribution in [0.15, 0.2) is 42.5 Å². The molecule has 0 saturated carbocycles. The predicted octanol–water partition coefficient (Wildman–Crippen LogP) is 4.73. The van der Waals surface area contributed by atoms with Crippen molar-refractivity contribution in [2.75, 3.05) is 0 Å². The highest BCUT2D eigenvalue weighted by Gasteiger charge is 2.09. The first-order chi connectivity index (χ1) is 8.56. The largest absolute Gasteiger partial charge is 0.294 e. The Bertz CT molecular complexity index is 574. The van der Waals surface area contributed by atoms with E-state index in [1.165, 1.54) is 0 Å². The fourth-order valence-electron chi connectivity index (χ4n) is 1.68. The van der Waals surface area contributed by atoms with Gasteiger partial charge < -0.3 is 0 Å². The van der Waals surface area contributed by atoms with Crippen LogP contribution in [0.25, 0.3) is 0 Å². The molecule has 3 heteroatoms. The zero-order chi connectivity index (χ0) is 13.1. The van der Waals surface area contributed by atoms with Gasteiger partial charge in [-0.3, -0.25) is 4.79 Å². The summed E-state index contributed by atoms with van der Waals surface area (Å²) in [5.74, 6) is 0.0548. The van der Waals surface area contributed by atoms with E-state index < -0.39 is 0 Å². The van der Waals surface area contributed by atoms with Crippen molar-refractivity contribution in [3.63, 3.8) is 0 Å². The molecule has 0 spiro atoms. The van der Waals surface area contributed by atoms with Gasteiger partial charge in [-0.25, -0.2) is 0 Å². The molecule has 0 fully saturated rings. The number of aryl methyl sites for hydroxylation is 1. The molecule has 0 aliphatic carbocycles. The number of carbonyl (C=O) groups excluding carboxylic acids is 1. The number of carbonyl (C=O) groups is 1. The zero-order valence-corrected chi connectivity index (χ0v) is 11.4. The molecule has 2 aromatic rings. The second kappa shape index (κ2) is 5.55. The fourth-order valence-corrected chi connectivity index (χ4v) is 2.15. The average Bonchev–Trinajstić information content (AvgIpc) is 2.33. The molecule has 0 unspecified atom stereocenters. The van der Waals surface area contributed by atoms with Crippen molar-refractivity contribution in [2.45, 2.75) is 13.3 Å². The van der Waals surface area contributed by atoms with E-state index >= 15 is 0 Å². The average molecular weight is 279 g/mol. The minimum absolute atomic E-state index is 0.0548. The lowest BCUT2D eigenvalue weighted by molar-refractivity contribution is 0.0993. The van der Waals surface area contributed by atoms with Crippen molar-refractivity contribution in [2.24, 2.45) is 0 Å². The lowest BCUT2D eigenvalue weighted by atomic mass is 10.0. The third kappa shape index (κ3) is 3.12. The summed E-state index contributed by atoms with van der Waals surface area (Å²) in [5, 5.41) is 1.11. The molecule has 18 heavy (non-hydrogen) atoms. The molecule has 0 N–H and O–H groups in total. The van der Waals surface area contributed by atoms with E-state index in [0.717, 1.165) is 11.1 Å². The predicted molar refractivity (Wildman–Crippen MR) is 75.7 cm³/mol. The molecular formula is C15H12Cl2O. The van der Waals surface area contributed by atoms with Gasteiger partial charge in [-0.1, -0.05) is 59.1 Å². The number of halogens is 2. The molecular weight excluding hydrogens is 267 g/mol. The van der Waals surface area contributed by atoms with Crippen LogP contribution in [0.2, 0.25) is 10.0 Å². The summed E-state index contributed by atoms with van der Waals surface area (Å²) in [6, 6.07) is 12.7. The first-order valence-corrected chi connectivity index (χ1v) is 6.35. The van der Waals surface area contributed by atoms with Crippen LogP contribution in [0, 0.1) is 6.92 Å². The topological polar surface area (TPSA) is 17.1 Å². The molecule has 0 saturated heterocycles. The van der Waals surface area contributed by atoms with Crippen LogP contribution < -0.4 is 0 Å². The van der Waals surface area contributed by atoms with Crippen molar-refractivity contribution in [3.05, 3.63) is 69.2 Å². The SMILES string of the molecule is Cc1ccc(C(=O)Cc2ccc(Cl)cc2Cl)cc1. The quantitative estimate of drug-likeness (QED) is 0.742. The normalized spacial score (nSPS) is 10.4. The highest BCUT2D eigenvalue weighted by atomic mass is 35.5. The van der Waals surface area contributed by atoms with Gasteiger partial charge in [0.15, 0.2) is 5.78 Å². The molecule has 0 heterocycles. The van der Waals surface area contributed by atoms with Gasteiger partial charge in [0.05, 0.1) is 0 Å².